The maximum atomic E-state index is 8.87. The zero-order valence-electron chi connectivity index (χ0n) is 7.37. The molecule has 2 nitrogen and oxygen atoms in total. The minimum atomic E-state index is 0.370. The molecule has 0 atom stereocenters. The van der Waals surface area contributed by atoms with E-state index in [1.165, 1.54) is 0 Å². The third kappa shape index (κ3) is 2.02. The van der Waals surface area contributed by atoms with Gasteiger partial charge >= 0.3 is 0 Å². The number of halogens is 2. The molecule has 0 bridgehead atoms. The summed E-state index contributed by atoms with van der Waals surface area (Å²) < 4.78 is 0. The van der Waals surface area contributed by atoms with E-state index in [0.29, 0.717) is 21.7 Å². The standard InChI is InChI=1S/C10H9Cl2NO/c11-8-3-7(4-9(12)5-8)10(13-14)6-1-2-6/h3-6,14H,1-2H2/b13-10+. The van der Waals surface area contributed by atoms with Crippen LogP contribution in [0.5, 0.6) is 0 Å². The van der Waals surface area contributed by atoms with Gasteiger partial charge in [0.05, 0.1) is 5.71 Å². The third-order valence-corrected chi connectivity index (χ3v) is 2.67. The summed E-state index contributed by atoms with van der Waals surface area (Å²) in [7, 11) is 0. The lowest BCUT2D eigenvalue weighted by molar-refractivity contribution is 0.317. The maximum Gasteiger partial charge on any atom is 0.0899 e. The van der Waals surface area contributed by atoms with E-state index in [9.17, 15) is 0 Å². The normalized spacial score (nSPS) is 17.1. The summed E-state index contributed by atoms with van der Waals surface area (Å²) in [5, 5.41) is 13.3. The van der Waals surface area contributed by atoms with Gasteiger partial charge in [-0.05, 0) is 31.0 Å². The zero-order chi connectivity index (χ0) is 10.1. The highest BCUT2D eigenvalue weighted by Crippen LogP contribution is 2.34. The minimum absolute atomic E-state index is 0.370. The first-order valence-electron chi connectivity index (χ1n) is 4.39. The summed E-state index contributed by atoms with van der Waals surface area (Å²) >= 11 is 11.7. The molecule has 0 saturated heterocycles. The number of hydrogen-bond acceptors (Lipinski definition) is 2. The van der Waals surface area contributed by atoms with E-state index >= 15 is 0 Å². The fraction of sp³-hybridized carbons (Fsp3) is 0.300. The highest BCUT2D eigenvalue weighted by atomic mass is 35.5. The van der Waals surface area contributed by atoms with Crippen molar-refractivity contribution in [2.75, 3.05) is 0 Å². The average molecular weight is 230 g/mol. The predicted molar refractivity (Wildman–Crippen MR) is 57.5 cm³/mol. The molecule has 1 N–H and O–H groups in total. The molecule has 0 spiro atoms. The van der Waals surface area contributed by atoms with Crippen molar-refractivity contribution < 1.29 is 5.21 Å². The van der Waals surface area contributed by atoms with Crippen LogP contribution >= 0.6 is 23.2 Å². The fourth-order valence-corrected chi connectivity index (χ4v) is 1.96. The molecule has 14 heavy (non-hydrogen) atoms. The molecule has 1 aromatic carbocycles. The fourth-order valence-electron chi connectivity index (χ4n) is 1.43. The van der Waals surface area contributed by atoms with E-state index in [0.717, 1.165) is 18.4 Å². The monoisotopic (exact) mass is 229 g/mol. The van der Waals surface area contributed by atoms with Crippen LogP contribution in [0.2, 0.25) is 10.0 Å². The van der Waals surface area contributed by atoms with Crippen LogP contribution in [-0.2, 0) is 0 Å². The van der Waals surface area contributed by atoms with E-state index in [4.69, 9.17) is 28.4 Å². The minimum Gasteiger partial charge on any atom is -0.411 e. The number of benzene rings is 1. The van der Waals surface area contributed by atoms with Gasteiger partial charge in [0, 0.05) is 21.5 Å². The first kappa shape index (κ1) is 9.81. The van der Waals surface area contributed by atoms with Gasteiger partial charge < -0.3 is 5.21 Å². The number of rotatable bonds is 2. The van der Waals surface area contributed by atoms with Gasteiger partial charge in [0.15, 0.2) is 0 Å². The lowest BCUT2D eigenvalue weighted by atomic mass is 10.1. The van der Waals surface area contributed by atoms with Crippen molar-refractivity contribution in [2.45, 2.75) is 12.8 Å². The van der Waals surface area contributed by atoms with Crippen molar-refractivity contribution in [3.63, 3.8) is 0 Å². The molecule has 74 valence electrons. The van der Waals surface area contributed by atoms with Crippen molar-refractivity contribution in [2.24, 2.45) is 11.1 Å². The molecule has 1 fully saturated rings. The van der Waals surface area contributed by atoms with Crippen molar-refractivity contribution in [3.8, 4) is 0 Å². The van der Waals surface area contributed by atoms with Gasteiger partial charge in [-0.3, -0.25) is 0 Å². The van der Waals surface area contributed by atoms with E-state index in [-0.39, 0.29) is 0 Å². The van der Waals surface area contributed by atoms with Gasteiger partial charge in [-0.15, -0.1) is 0 Å². The number of nitrogens with zero attached hydrogens (tertiary/aromatic N) is 1. The van der Waals surface area contributed by atoms with Crippen LogP contribution in [0.4, 0.5) is 0 Å². The van der Waals surface area contributed by atoms with E-state index < -0.39 is 0 Å². The summed E-state index contributed by atoms with van der Waals surface area (Å²) in [6, 6.07) is 5.19. The summed E-state index contributed by atoms with van der Waals surface area (Å²) in [4.78, 5) is 0. The molecule has 0 aromatic heterocycles. The van der Waals surface area contributed by atoms with Crippen LogP contribution in [0.3, 0.4) is 0 Å². The maximum absolute atomic E-state index is 8.87. The molecule has 0 amide bonds. The Morgan fingerprint density at radius 2 is 1.79 bits per heavy atom. The Balaban J connectivity index is 2.38. The Bertz CT molecular complexity index is 365. The predicted octanol–water partition coefficient (Wildman–Crippen LogP) is 3.58. The third-order valence-electron chi connectivity index (χ3n) is 2.23. The molecule has 0 radical (unpaired) electrons. The Morgan fingerprint density at radius 1 is 1.21 bits per heavy atom. The second-order valence-corrected chi connectivity index (χ2v) is 4.29. The molecule has 1 saturated carbocycles. The lowest BCUT2D eigenvalue weighted by Gasteiger charge is -2.03. The molecule has 1 aromatic rings. The molecule has 1 aliphatic rings. The smallest absolute Gasteiger partial charge is 0.0899 e. The summed E-state index contributed by atoms with van der Waals surface area (Å²) in [5.41, 5.74) is 1.50. The molecule has 0 aliphatic heterocycles. The average Bonchev–Trinajstić information content (AvgIpc) is 2.87. The van der Waals surface area contributed by atoms with Crippen LogP contribution in [0, 0.1) is 5.92 Å². The van der Waals surface area contributed by atoms with E-state index in [1.54, 1.807) is 18.2 Å². The highest BCUT2D eigenvalue weighted by Gasteiger charge is 2.29. The highest BCUT2D eigenvalue weighted by molar-refractivity contribution is 6.35. The van der Waals surface area contributed by atoms with Crippen molar-refractivity contribution in [1.82, 2.24) is 0 Å². The molecule has 1 aliphatic carbocycles. The zero-order valence-corrected chi connectivity index (χ0v) is 8.89. The number of hydrogen-bond donors (Lipinski definition) is 1. The molecule has 0 heterocycles. The second kappa shape index (κ2) is 3.79. The molecule has 4 heteroatoms. The summed E-state index contributed by atoms with van der Waals surface area (Å²) in [6.45, 7) is 0. The molecule has 0 unspecified atom stereocenters. The number of oxime groups is 1. The van der Waals surface area contributed by atoms with Crippen LogP contribution in [-0.4, -0.2) is 10.9 Å². The Morgan fingerprint density at radius 3 is 2.21 bits per heavy atom. The summed E-state index contributed by atoms with van der Waals surface area (Å²) in [5.74, 6) is 0.370. The Kier molecular flexibility index (Phi) is 2.66. The molecule has 2 rings (SSSR count). The molecular formula is C10H9Cl2NO. The van der Waals surface area contributed by atoms with Crippen LogP contribution in [0.1, 0.15) is 18.4 Å². The second-order valence-electron chi connectivity index (χ2n) is 3.42. The van der Waals surface area contributed by atoms with Crippen molar-refractivity contribution >= 4 is 28.9 Å². The molecular weight excluding hydrogens is 221 g/mol. The van der Waals surface area contributed by atoms with Crippen molar-refractivity contribution in [1.29, 1.82) is 0 Å². The first-order chi connectivity index (χ1) is 6.70. The Labute approximate surface area is 92.1 Å². The SMILES string of the molecule is O/N=C(/c1cc(Cl)cc(Cl)c1)C1CC1. The lowest BCUT2D eigenvalue weighted by Crippen LogP contribution is -2.03. The van der Waals surface area contributed by atoms with Crippen molar-refractivity contribution in [3.05, 3.63) is 33.8 Å². The van der Waals surface area contributed by atoms with Crippen LogP contribution in [0.25, 0.3) is 0 Å². The van der Waals surface area contributed by atoms with Gasteiger partial charge in [0.1, 0.15) is 0 Å². The quantitative estimate of drug-likeness (QED) is 0.470. The largest absolute Gasteiger partial charge is 0.411 e. The Hall–Kier alpha value is -0.730. The van der Waals surface area contributed by atoms with Gasteiger partial charge in [0.25, 0.3) is 0 Å². The van der Waals surface area contributed by atoms with E-state index in [2.05, 4.69) is 5.16 Å². The van der Waals surface area contributed by atoms with Gasteiger partial charge in [-0.25, -0.2) is 0 Å². The summed E-state index contributed by atoms with van der Waals surface area (Å²) in [6.07, 6.45) is 2.15. The van der Waals surface area contributed by atoms with E-state index in [1.807, 2.05) is 0 Å². The van der Waals surface area contributed by atoms with Gasteiger partial charge in [-0.2, -0.15) is 0 Å². The van der Waals surface area contributed by atoms with Crippen LogP contribution in [0.15, 0.2) is 23.4 Å². The van der Waals surface area contributed by atoms with Gasteiger partial charge in [0.2, 0.25) is 0 Å². The van der Waals surface area contributed by atoms with Gasteiger partial charge in [-0.1, -0.05) is 28.4 Å². The topological polar surface area (TPSA) is 32.6 Å². The first-order valence-corrected chi connectivity index (χ1v) is 5.14. The van der Waals surface area contributed by atoms with Crippen LogP contribution < -0.4 is 0 Å².